The zero-order valence-electron chi connectivity index (χ0n) is 15.5. The Morgan fingerprint density at radius 3 is 2.82 bits per heavy atom. The third kappa shape index (κ3) is 4.90. The van der Waals surface area contributed by atoms with Gasteiger partial charge in [-0.3, -0.25) is 9.89 Å². The van der Waals surface area contributed by atoms with Gasteiger partial charge in [-0.15, -0.1) is 5.10 Å². The molecule has 0 unspecified atom stereocenters. The second-order valence-electron chi connectivity index (χ2n) is 6.03. The largest absolute Gasteiger partial charge is 0.485 e. The Labute approximate surface area is 167 Å². The van der Waals surface area contributed by atoms with Crippen molar-refractivity contribution >= 4 is 23.4 Å². The van der Waals surface area contributed by atoms with Gasteiger partial charge in [0.25, 0.3) is 0 Å². The first-order chi connectivity index (χ1) is 13.6. The molecule has 0 radical (unpaired) electrons. The van der Waals surface area contributed by atoms with E-state index in [-0.39, 0.29) is 12.5 Å². The Morgan fingerprint density at radius 1 is 1.29 bits per heavy atom. The molecule has 0 bridgehead atoms. The van der Waals surface area contributed by atoms with Crippen molar-refractivity contribution in [2.45, 2.75) is 30.9 Å². The molecule has 2 aromatic carbocycles. The number of nitrogens with zero attached hydrogens (tertiary/aromatic N) is 3. The maximum absolute atomic E-state index is 12.4. The number of H-pyrrole nitrogens is 1. The molecule has 7 nitrogen and oxygen atoms in total. The lowest BCUT2D eigenvalue weighted by atomic mass is 10.2. The van der Waals surface area contributed by atoms with Crippen LogP contribution in [-0.4, -0.2) is 26.3 Å². The number of amides is 1. The first-order valence-corrected chi connectivity index (χ1v) is 9.51. The SMILES string of the molecule is Cc1ccccc1OCc1nc(S[C@@H](C)C(=O)Nc2ccccc2C#N)n[nH]1. The van der Waals surface area contributed by atoms with Gasteiger partial charge in [0.2, 0.25) is 11.1 Å². The molecule has 0 aliphatic rings. The van der Waals surface area contributed by atoms with Gasteiger partial charge in [0.15, 0.2) is 5.82 Å². The van der Waals surface area contributed by atoms with Gasteiger partial charge < -0.3 is 10.1 Å². The van der Waals surface area contributed by atoms with Crippen LogP contribution in [0.1, 0.15) is 23.9 Å². The molecular formula is C20H19N5O2S. The van der Waals surface area contributed by atoms with Crippen molar-refractivity contribution in [2.24, 2.45) is 0 Å². The van der Waals surface area contributed by atoms with E-state index >= 15 is 0 Å². The van der Waals surface area contributed by atoms with E-state index in [0.717, 1.165) is 11.3 Å². The number of para-hydroxylation sites is 2. The maximum atomic E-state index is 12.4. The summed E-state index contributed by atoms with van der Waals surface area (Å²) in [6, 6.07) is 16.7. The van der Waals surface area contributed by atoms with Crippen molar-refractivity contribution in [1.82, 2.24) is 15.2 Å². The number of nitriles is 1. The Morgan fingerprint density at radius 2 is 2.04 bits per heavy atom. The van der Waals surface area contributed by atoms with Crippen LogP contribution in [0.3, 0.4) is 0 Å². The zero-order valence-corrected chi connectivity index (χ0v) is 16.3. The lowest BCUT2D eigenvalue weighted by Gasteiger charge is -2.11. The number of ether oxygens (including phenoxy) is 1. The normalized spacial score (nSPS) is 11.5. The Balaban J connectivity index is 1.56. The summed E-state index contributed by atoms with van der Waals surface area (Å²) in [5.74, 6) is 1.14. The molecule has 0 aliphatic heterocycles. The van der Waals surface area contributed by atoms with E-state index in [9.17, 15) is 4.79 Å². The highest BCUT2D eigenvalue weighted by Crippen LogP contribution is 2.22. The minimum atomic E-state index is -0.437. The third-order valence-corrected chi connectivity index (χ3v) is 4.89. The molecule has 3 aromatic rings. The summed E-state index contributed by atoms with van der Waals surface area (Å²) in [5, 5.41) is 18.9. The molecule has 1 atom stereocenters. The Kier molecular flexibility index (Phi) is 6.29. The van der Waals surface area contributed by atoms with Crippen molar-refractivity contribution in [2.75, 3.05) is 5.32 Å². The summed E-state index contributed by atoms with van der Waals surface area (Å²) in [6.45, 7) is 3.99. The van der Waals surface area contributed by atoms with E-state index in [4.69, 9.17) is 10.00 Å². The summed E-state index contributed by atoms with van der Waals surface area (Å²) in [7, 11) is 0. The molecule has 0 aliphatic carbocycles. The standard InChI is InChI=1S/C20H19N5O2S/c1-13-7-3-6-10-17(13)27-12-18-23-20(25-24-18)28-14(2)19(26)22-16-9-5-4-8-15(16)11-21/h3-10,14H,12H2,1-2H3,(H,22,26)(H,23,24,25)/t14-/m0/s1. The Bertz CT molecular complexity index is 1010. The van der Waals surface area contributed by atoms with E-state index in [1.807, 2.05) is 31.2 Å². The van der Waals surface area contributed by atoms with Crippen LogP contribution >= 0.6 is 11.8 Å². The number of rotatable bonds is 7. The van der Waals surface area contributed by atoms with Crippen LogP contribution in [0.15, 0.2) is 53.7 Å². The summed E-state index contributed by atoms with van der Waals surface area (Å²) >= 11 is 1.23. The topological polar surface area (TPSA) is 104 Å². The van der Waals surface area contributed by atoms with Gasteiger partial charge in [-0.25, -0.2) is 4.98 Å². The Hall–Kier alpha value is -3.31. The highest BCUT2D eigenvalue weighted by atomic mass is 32.2. The van der Waals surface area contributed by atoms with Gasteiger partial charge in [-0.2, -0.15) is 5.26 Å². The zero-order chi connectivity index (χ0) is 19.9. The molecule has 1 heterocycles. The van der Waals surface area contributed by atoms with Crippen LogP contribution in [0.4, 0.5) is 5.69 Å². The van der Waals surface area contributed by atoms with E-state index in [1.54, 1.807) is 31.2 Å². The molecule has 142 valence electrons. The monoisotopic (exact) mass is 393 g/mol. The number of hydrogen-bond donors (Lipinski definition) is 2. The fourth-order valence-electron chi connectivity index (χ4n) is 2.40. The molecule has 0 saturated carbocycles. The van der Waals surface area contributed by atoms with Gasteiger partial charge in [-0.1, -0.05) is 42.1 Å². The van der Waals surface area contributed by atoms with Gasteiger partial charge in [0.1, 0.15) is 18.4 Å². The second-order valence-corrected chi connectivity index (χ2v) is 7.33. The number of carbonyl (C=O) groups is 1. The molecule has 3 rings (SSSR count). The van der Waals surface area contributed by atoms with Gasteiger partial charge in [0.05, 0.1) is 16.5 Å². The highest BCUT2D eigenvalue weighted by molar-refractivity contribution is 8.00. The molecule has 1 aromatic heterocycles. The van der Waals surface area contributed by atoms with Crippen molar-refractivity contribution in [3.8, 4) is 11.8 Å². The van der Waals surface area contributed by atoms with Crippen molar-refractivity contribution in [1.29, 1.82) is 5.26 Å². The number of anilines is 1. The van der Waals surface area contributed by atoms with Crippen LogP contribution in [0.5, 0.6) is 5.75 Å². The first kappa shape index (κ1) is 19.5. The van der Waals surface area contributed by atoms with Gasteiger partial charge >= 0.3 is 0 Å². The van der Waals surface area contributed by atoms with E-state index < -0.39 is 5.25 Å². The fraction of sp³-hybridized carbons (Fsp3) is 0.200. The van der Waals surface area contributed by atoms with Crippen molar-refractivity contribution in [3.63, 3.8) is 0 Å². The molecule has 28 heavy (non-hydrogen) atoms. The van der Waals surface area contributed by atoms with Crippen LogP contribution in [0.25, 0.3) is 0 Å². The van der Waals surface area contributed by atoms with Gasteiger partial charge in [-0.05, 0) is 37.6 Å². The second kappa shape index (κ2) is 9.06. The fourth-order valence-corrected chi connectivity index (χ4v) is 3.14. The van der Waals surface area contributed by atoms with Crippen LogP contribution in [0.2, 0.25) is 0 Å². The molecule has 0 fully saturated rings. The van der Waals surface area contributed by atoms with Crippen molar-refractivity contribution in [3.05, 3.63) is 65.5 Å². The minimum absolute atomic E-state index is 0.227. The maximum Gasteiger partial charge on any atom is 0.237 e. The lowest BCUT2D eigenvalue weighted by molar-refractivity contribution is -0.115. The summed E-state index contributed by atoms with van der Waals surface area (Å²) in [5.41, 5.74) is 1.95. The minimum Gasteiger partial charge on any atom is -0.485 e. The van der Waals surface area contributed by atoms with E-state index in [1.165, 1.54) is 11.8 Å². The molecular weight excluding hydrogens is 374 g/mol. The highest BCUT2D eigenvalue weighted by Gasteiger charge is 2.18. The number of nitrogens with one attached hydrogen (secondary N) is 2. The number of carbonyl (C=O) groups excluding carboxylic acids is 1. The predicted molar refractivity (Wildman–Crippen MR) is 107 cm³/mol. The third-order valence-electron chi connectivity index (χ3n) is 3.93. The molecule has 8 heteroatoms. The van der Waals surface area contributed by atoms with E-state index in [2.05, 4.69) is 26.6 Å². The average Bonchev–Trinajstić information content (AvgIpc) is 3.15. The number of hydrogen-bond acceptors (Lipinski definition) is 6. The van der Waals surface area contributed by atoms with Crippen LogP contribution in [0, 0.1) is 18.3 Å². The average molecular weight is 393 g/mol. The van der Waals surface area contributed by atoms with Gasteiger partial charge in [0, 0.05) is 0 Å². The predicted octanol–water partition coefficient (Wildman–Crippen LogP) is 3.68. The molecule has 0 saturated heterocycles. The van der Waals surface area contributed by atoms with Crippen LogP contribution in [-0.2, 0) is 11.4 Å². The van der Waals surface area contributed by atoms with Crippen LogP contribution < -0.4 is 10.1 Å². The number of aromatic nitrogens is 3. The van der Waals surface area contributed by atoms with Crippen molar-refractivity contribution < 1.29 is 9.53 Å². The summed E-state index contributed by atoms with van der Waals surface area (Å²) in [4.78, 5) is 16.8. The number of thioether (sulfide) groups is 1. The first-order valence-electron chi connectivity index (χ1n) is 8.63. The lowest BCUT2D eigenvalue weighted by Crippen LogP contribution is -2.23. The number of aromatic amines is 1. The molecule has 1 amide bonds. The quantitative estimate of drug-likeness (QED) is 0.594. The summed E-state index contributed by atoms with van der Waals surface area (Å²) < 4.78 is 5.74. The summed E-state index contributed by atoms with van der Waals surface area (Å²) in [6.07, 6.45) is 0. The number of aryl methyl sites for hydroxylation is 1. The molecule has 0 spiro atoms. The number of benzene rings is 2. The smallest absolute Gasteiger partial charge is 0.237 e. The molecule has 2 N–H and O–H groups in total. The van der Waals surface area contributed by atoms with E-state index in [0.29, 0.717) is 22.2 Å².